The Morgan fingerprint density at radius 3 is 2.41 bits per heavy atom. The molecule has 118 valence electrons. The van der Waals surface area contributed by atoms with Crippen LogP contribution in [-0.4, -0.2) is 30.1 Å². The number of hydrogen-bond acceptors (Lipinski definition) is 4. The van der Waals surface area contributed by atoms with E-state index in [1.165, 1.54) is 6.42 Å². The van der Waals surface area contributed by atoms with E-state index in [-0.39, 0.29) is 0 Å². The summed E-state index contributed by atoms with van der Waals surface area (Å²) >= 11 is 0. The van der Waals surface area contributed by atoms with E-state index in [0.717, 1.165) is 42.7 Å². The van der Waals surface area contributed by atoms with Gasteiger partial charge in [0.2, 0.25) is 5.95 Å². The molecule has 0 aliphatic rings. The first-order valence-corrected chi connectivity index (χ1v) is 8.05. The molecule has 0 N–H and O–H groups in total. The predicted molar refractivity (Wildman–Crippen MR) is 94.1 cm³/mol. The molecule has 0 fully saturated rings. The van der Waals surface area contributed by atoms with E-state index in [2.05, 4.69) is 59.9 Å². The van der Waals surface area contributed by atoms with Crippen molar-refractivity contribution in [1.29, 1.82) is 0 Å². The molecule has 0 bridgehead atoms. The number of hydrogen-bond donors (Lipinski definition) is 0. The second kappa shape index (κ2) is 7.78. The van der Waals surface area contributed by atoms with Crippen LogP contribution in [-0.2, 0) is 0 Å². The molecule has 2 rings (SSSR count). The molecular weight excluding hydrogens is 272 g/mol. The molecule has 4 heteroatoms. The third kappa shape index (κ3) is 3.97. The Bertz CT molecular complexity index is 583. The third-order valence-electron chi connectivity index (χ3n) is 3.68. The van der Waals surface area contributed by atoms with Crippen LogP contribution < -0.4 is 9.80 Å². The Morgan fingerprint density at radius 2 is 1.77 bits per heavy atom. The molecule has 0 radical (unpaired) electrons. The van der Waals surface area contributed by atoms with Crippen LogP contribution in [0.3, 0.4) is 0 Å². The highest BCUT2D eigenvalue weighted by Crippen LogP contribution is 2.25. The lowest BCUT2D eigenvalue weighted by Gasteiger charge is -2.24. The molecule has 2 aromatic rings. The predicted octanol–water partition coefficient (Wildman–Crippen LogP) is 4.18. The summed E-state index contributed by atoms with van der Waals surface area (Å²) in [6, 6.07) is 12.4. The van der Waals surface area contributed by atoms with E-state index in [4.69, 9.17) is 4.98 Å². The number of para-hydroxylation sites is 1. The number of unbranched alkanes of at least 4 members (excludes halogenated alkanes) is 1. The van der Waals surface area contributed by atoms with Crippen LogP contribution >= 0.6 is 0 Å². The molecule has 4 nitrogen and oxygen atoms in total. The maximum Gasteiger partial charge on any atom is 0.227 e. The Kier molecular flexibility index (Phi) is 5.75. The fourth-order valence-electron chi connectivity index (χ4n) is 2.43. The first-order valence-electron chi connectivity index (χ1n) is 8.05. The molecule has 0 atom stereocenters. The molecule has 0 aliphatic carbocycles. The minimum atomic E-state index is 0.804. The van der Waals surface area contributed by atoms with E-state index < -0.39 is 0 Å². The zero-order chi connectivity index (χ0) is 15.9. The minimum Gasteiger partial charge on any atom is -0.344 e. The summed E-state index contributed by atoms with van der Waals surface area (Å²) in [6.07, 6.45) is 2.33. The lowest BCUT2D eigenvalue weighted by molar-refractivity contribution is 0.747. The highest BCUT2D eigenvalue weighted by Gasteiger charge is 2.13. The molecule has 0 spiro atoms. The number of rotatable bonds is 7. The van der Waals surface area contributed by atoms with Gasteiger partial charge in [-0.25, -0.2) is 4.98 Å². The SMILES string of the molecule is CCCCN(C)c1nc(C)cc(N(CC)c2ccccc2)n1. The van der Waals surface area contributed by atoms with Gasteiger partial charge in [-0.2, -0.15) is 4.98 Å². The summed E-state index contributed by atoms with van der Waals surface area (Å²) in [5, 5.41) is 0. The van der Waals surface area contributed by atoms with Crippen molar-refractivity contribution in [2.75, 3.05) is 29.9 Å². The quantitative estimate of drug-likeness (QED) is 0.767. The summed E-state index contributed by atoms with van der Waals surface area (Å²) in [6.45, 7) is 8.23. The minimum absolute atomic E-state index is 0.804. The van der Waals surface area contributed by atoms with Gasteiger partial charge in [0.25, 0.3) is 0 Å². The highest BCUT2D eigenvalue weighted by molar-refractivity contribution is 5.61. The van der Waals surface area contributed by atoms with Gasteiger partial charge in [0.05, 0.1) is 0 Å². The number of anilines is 3. The molecule has 0 unspecified atom stereocenters. The van der Waals surface area contributed by atoms with Crippen molar-refractivity contribution in [1.82, 2.24) is 9.97 Å². The standard InChI is InChI=1S/C18H26N4/c1-5-7-13-21(4)18-19-15(3)14-17(20-18)22(6-2)16-11-9-8-10-12-16/h8-12,14H,5-7,13H2,1-4H3. The summed E-state index contributed by atoms with van der Waals surface area (Å²) in [5.41, 5.74) is 2.16. The molecule has 1 heterocycles. The van der Waals surface area contributed by atoms with Crippen LogP contribution in [0.1, 0.15) is 32.4 Å². The average Bonchev–Trinajstić information content (AvgIpc) is 2.54. The number of nitrogens with zero attached hydrogens (tertiary/aromatic N) is 4. The third-order valence-corrected chi connectivity index (χ3v) is 3.68. The largest absolute Gasteiger partial charge is 0.344 e. The molecule has 0 saturated heterocycles. The molecule has 1 aromatic heterocycles. The summed E-state index contributed by atoms with van der Waals surface area (Å²) in [5.74, 6) is 1.76. The fourth-order valence-corrected chi connectivity index (χ4v) is 2.43. The molecule has 0 saturated carbocycles. The van der Waals surface area contributed by atoms with Gasteiger partial charge < -0.3 is 9.80 Å². The van der Waals surface area contributed by atoms with Gasteiger partial charge >= 0.3 is 0 Å². The normalized spacial score (nSPS) is 10.5. The van der Waals surface area contributed by atoms with Crippen molar-refractivity contribution in [2.45, 2.75) is 33.6 Å². The first kappa shape index (κ1) is 16.3. The van der Waals surface area contributed by atoms with Crippen molar-refractivity contribution >= 4 is 17.5 Å². The summed E-state index contributed by atoms with van der Waals surface area (Å²) in [4.78, 5) is 13.7. The first-order chi connectivity index (χ1) is 10.7. The van der Waals surface area contributed by atoms with Crippen molar-refractivity contribution in [2.24, 2.45) is 0 Å². The van der Waals surface area contributed by atoms with Crippen molar-refractivity contribution in [3.8, 4) is 0 Å². The van der Waals surface area contributed by atoms with Crippen LogP contribution in [0, 0.1) is 6.92 Å². The van der Waals surface area contributed by atoms with Crippen molar-refractivity contribution < 1.29 is 0 Å². The van der Waals surface area contributed by atoms with E-state index >= 15 is 0 Å². The maximum atomic E-state index is 4.77. The second-order valence-corrected chi connectivity index (χ2v) is 5.52. The Hall–Kier alpha value is -2.10. The lowest BCUT2D eigenvalue weighted by Crippen LogP contribution is -2.24. The van der Waals surface area contributed by atoms with E-state index in [0.29, 0.717) is 0 Å². The van der Waals surface area contributed by atoms with Crippen molar-refractivity contribution in [3.05, 3.63) is 42.1 Å². The van der Waals surface area contributed by atoms with Gasteiger partial charge in [-0.05, 0) is 32.4 Å². The van der Waals surface area contributed by atoms with Crippen LogP contribution in [0.25, 0.3) is 0 Å². The van der Waals surface area contributed by atoms with Gasteiger partial charge in [-0.15, -0.1) is 0 Å². The Labute approximate surface area is 133 Å². The summed E-state index contributed by atoms with van der Waals surface area (Å²) in [7, 11) is 2.06. The number of aryl methyl sites for hydroxylation is 1. The number of aromatic nitrogens is 2. The number of benzene rings is 1. The van der Waals surface area contributed by atoms with E-state index in [1.54, 1.807) is 0 Å². The molecule has 22 heavy (non-hydrogen) atoms. The van der Waals surface area contributed by atoms with Crippen molar-refractivity contribution in [3.63, 3.8) is 0 Å². The Morgan fingerprint density at radius 1 is 1.05 bits per heavy atom. The van der Waals surface area contributed by atoms with Crippen LogP contribution in [0.5, 0.6) is 0 Å². The van der Waals surface area contributed by atoms with Gasteiger partial charge in [0.15, 0.2) is 0 Å². The monoisotopic (exact) mass is 298 g/mol. The van der Waals surface area contributed by atoms with E-state index in [9.17, 15) is 0 Å². The molecule has 0 aliphatic heterocycles. The molecule has 1 aromatic carbocycles. The summed E-state index contributed by atoms with van der Waals surface area (Å²) < 4.78 is 0. The molecular formula is C18H26N4. The zero-order valence-corrected chi connectivity index (χ0v) is 14.1. The van der Waals surface area contributed by atoms with Crippen LogP contribution in [0.4, 0.5) is 17.5 Å². The van der Waals surface area contributed by atoms with Crippen LogP contribution in [0.15, 0.2) is 36.4 Å². The maximum absolute atomic E-state index is 4.77. The van der Waals surface area contributed by atoms with Gasteiger partial charge in [-0.1, -0.05) is 31.5 Å². The van der Waals surface area contributed by atoms with Gasteiger partial charge in [-0.3, -0.25) is 0 Å². The zero-order valence-electron chi connectivity index (χ0n) is 14.1. The fraction of sp³-hybridized carbons (Fsp3) is 0.444. The smallest absolute Gasteiger partial charge is 0.227 e. The van der Waals surface area contributed by atoms with E-state index in [1.807, 2.05) is 19.1 Å². The molecule has 0 amide bonds. The highest BCUT2D eigenvalue weighted by atomic mass is 15.3. The second-order valence-electron chi connectivity index (χ2n) is 5.52. The average molecular weight is 298 g/mol. The van der Waals surface area contributed by atoms with Crippen LogP contribution in [0.2, 0.25) is 0 Å². The topological polar surface area (TPSA) is 32.3 Å². The Balaban J connectivity index is 2.32. The lowest BCUT2D eigenvalue weighted by atomic mass is 10.2. The van der Waals surface area contributed by atoms with Gasteiger partial charge in [0.1, 0.15) is 5.82 Å². The van der Waals surface area contributed by atoms with Gasteiger partial charge in [0, 0.05) is 37.6 Å².